The lowest BCUT2D eigenvalue weighted by molar-refractivity contribution is -0.182. The Morgan fingerprint density at radius 1 is 0.543 bits per heavy atom. The van der Waals surface area contributed by atoms with Crippen molar-refractivity contribution in [3.63, 3.8) is 0 Å². The maximum atomic E-state index is 7.15. The Morgan fingerprint density at radius 2 is 0.957 bits per heavy atom. The minimum absolute atomic E-state index is 0.0678. The average molecular weight is 621 g/mol. The van der Waals surface area contributed by atoms with Crippen LogP contribution in [0.2, 0.25) is 11.6 Å². The van der Waals surface area contributed by atoms with Gasteiger partial charge in [-0.3, -0.25) is 0 Å². The van der Waals surface area contributed by atoms with Crippen molar-refractivity contribution in [3.05, 3.63) is 144 Å². The van der Waals surface area contributed by atoms with Crippen molar-refractivity contribution in [1.29, 1.82) is 0 Å². The smallest absolute Gasteiger partial charge is 0.302 e. The van der Waals surface area contributed by atoms with Gasteiger partial charge in [0.05, 0.1) is 45.2 Å². The highest BCUT2D eigenvalue weighted by molar-refractivity contribution is 6.56. The maximum absolute atomic E-state index is 7.15. The van der Waals surface area contributed by atoms with E-state index in [1.54, 1.807) is 0 Å². The Hall–Kier alpha value is -3.26. The third-order valence-electron chi connectivity index (χ3n) is 9.46. The molecule has 1 aliphatic rings. The van der Waals surface area contributed by atoms with Gasteiger partial charge in [-0.2, -0.15) is 0 Å². The molecule has 1 aliphatic heterocycles. The molecule has 46 heavy (non-hydrogen) atoms. The molecular weight excluding hydrogens is 571 g/mol. The van der Waals surface area contributed by atoms with Crippen molar-refractivity contribution in [2.75, 3.05) is 6.61 Å². The van der Waals surface area contributed by atoms with Crippen molar-refractivity contribution in [1.82, 2.24) is 0 Å². The van der Waals surface area contributed by atoms with Crippen LogP contribution in [0.25, 0.3) is 0 Å². The third kappa shape index (κ3) is 8.75. The zero-order chi connectivity index (χ0) is 32.0. The van der Waals surface area contributed by atoms with Crippen LogP contribution in [0, 0.1) is 0 Å². The molecule has 4 aromatic rings. The van der Waals surface area contributed by atoms with E-state index < -0.39 is 12.2 Å². The van der Waals surface area contributed by atoms with Gasteiger partial charge in [-0.15, -0.1) is 0 Å². The van der Waals surface area contributed by atoms with Crippen LogP contribution in [0.1, 0.15) is 55.9 Å². The second kappa shape index (κ2) is 17.6. The van der Waals surface area contributed by atoms with E-state index in [1.807, 2.05) is 48.5 Å². The standard InChI is InChI=1S/C40H49BO5/c1-4-40(5-2)39(45-30-35-25-17-10-18-26-35)38(44-29-34-23-15-9-16-24-34)37(43-28-33-21-13-8-14-22-33)36(46-41(40)6-3)31-42-27-32-19-11-7-12-20-32/h7-26,36-39H,4-6,27-31H2,1-3H3/t36-,37-,38+,39-/m1/s1. The van der Waals surface area contributed by atoms with Crippen LogP contribution in [0.4, 0.5) is 0 Å². The van der Waals surface area contributed by atoms with Gasteiger partial charge in [-0.25, -0.2) is 0 Å². The van der Waals surface area contributed by atoms with Gasteiger partial charge < -0.3 is 23.6 Å². The quantitative estimate of drug-likeness (QED) is 0.117. The molecule has 0 aliphatic carbocycles. The summed E-state index contributed by atoms with van der Waals surface area (Å²) in [5, 5.41) is -0.298. The number of rotatable bonds is 16. The lowest BCUT2D eigenvalue weighted by atomic mass is 9.39. The van der Waals surface area contributed by atoms with E-state index in [2.05, 4.69) is 93.6 Å². The van der Waals surface area contributed by atoms with Crippen LogP contribution in [-0.2, 0) is 50.0 Å². The van der Waals surface area contributed by atoms with E-state index in [9.17, 15) is 0 Å². The van der Waals surface area contributed by atoms with Gasteiger partial charge in [-0.05, 0) is 28.6 Å². The summed E-state index contributed by atoms with van der Waals surface area (Å²) in [5.74, 6) is 0. The Labute approximate surface area is 276 Å². The topological polar surface area (TPSA) is 46.2 Å². The minimum atomic E-state index is -0.436. The fraction of sp³-hybridized carbons (Fsp3) is 0.400. The van der Waals surface area contributed by atoms with Crippen molar-refractivity contribution in [2.45, 2.75) is 96.1 Å². The van der Waals surface area contributed by atoms with Crippen LogP contribution in [0.15, 0.2) is 121 Å². The predicted molar refractivity (Wildman–Crippen MR) is 186 cm³/mol. The van der Waals surface area contributed by atoms with Crippen LogP contribution >= 0.6 is 0 Å². The molecule has 4 atom stereocenters. The van der Waals surface area contributed by atoms with E-state index in [-0.39, 0.29) is 24.4 Å². The second-order valence-electron chi connectivity index (χ2n) is 12.3. The van der Waals surface area contributed by atoms with Gasteiger partial charge in [0.15, 0.2) is 0 Å². The number of hydrogen-bond donors (Lipinski definition) is 0. The van der Waals surface area contributed by atoms with E-state index in [0.717, 1.165) is 41.4 Å². The Kier molecular flexibility index (Phi) is 13.0. The van der Waals surface area contributed by atoms with Crippen LogP contribution in [-0.4, -0.2) is 37.9 Å². The third-order valence-corrected chi connectivity index (χ3v) is 9.46. The molecule has 0 bridgehead atoms. The molecule has 5 nitrogen and oxygen atoms in total. The summed E-state index contributed by atoms with van der Waals surface area (Å²) in [6.45, 7) is 8.90. The van der Waals surface area contributed by atoms with Gasteiger partial charge in [0.25, 0.3) is 0 Å². The number of benzene rings is 4. The molecule has 6 heteroatoms. The van der Waals surface area contributed by atoms with E-state index >= 15 is 0 Å². The summed E-state index contributed by atoms with van der Waals surface area (Å²) in [4.78, 5) is 0. The summed E-state index contributed by atoms with van der Waals surface area (Å²) >= 11 is 0. The summed E-state index contributed by atoms with van der Waals surface area (Å²) in [6, 6.07) is 41.3. The van der Waals surface area contributed by atoms with Crippen molar-refractivity contribution < 1.29 is 23.6 Å². The number of ether oxygens (including phenoxy) is 4. The lowest BCUT2D eigenvalue weighted by Gasteiger charge is -2.44. The fourth-order valence-corrected chi connectivity index (χ4v) is 6.87. The van der Waals surface area contributed by atoms with Crippen LogP contribution in [0.3, 0.4) is 0 Å². The molecule has 1 heterocycles. The van der Waals surface area contributed by atoms with Crippen molar-refractivity contribution >= 4 is 6.92 Å². The molecule has 0 aromatic heterocycles. The molecule has 0 spiro atoms. The number of hydrogen-bond acceptors (Lipinski definition) is 5. The van der Waals surface area contributed by atoms with Gasteiger partial charge >= 0.3 is 6.92 Å². The summed E-state index contributed by atoms with van der Waals surface area (Å²) in [7, 11) is 0. The van der Waals surface area contributed by atoms with E-state index in [1.165, 1.54) is 0 Å². The molecule has 0 unspecified atom stereocenters. The first-order valence-electron chi connectivity index (χ1n) is 16.9. The van der Waals surface area contributed by atoms with Gasteiger partial charge in [0.1, 0.15) is 12.2 Å². The monoisotopic (exact) mass is 620 g/mol. The SMILES string of the molecule is CCB1O[C@H](COCc2ccccc2)[C@@H](OCc2ccccc2)[C@H](OCc2ccccc2)[C@@H](OCc2ccccc2)C1(CC)CC. The molecule has 1 fully saturated rings. The molecule has 0 amide bonds. The Balaban J connectivity index is 1.53. The molecule has 5 rings (SSSR count). The average Bonchev–Trinajstić information content (AvgIpc) is 3.22. The first-order valence-corrected chi connectivity index (χ1v) is 16.9. The highest BCUT2D eigenvalue weighted by Gasteiger charge is 2.57. The Bertz CT molecular complexity index is 1380. The van der Waals surface area contributed by atoms with Crippen LogP contribution < -0.4 is 0 Å². The zero-order valence-corrected chi connectivity index (χ0v) is 27.6. The van der Waals surface area contributed by atoms with E-state index in [0.29, 0.717) is 33.0 Å². The molecule has 0 radical (unpaired) electrons. The first kappa shape index (κ1) is 34.1. The normalized spacial score (nSPS) is 21.2. The largest absolute Gasteiger partial charge is 0.428 e. The zero-order valence-electron chi connectivity index (χ0n) is 27.6. The molecule has 1 saturated heterocycles. The van der Waals surface area contributed by atoms with Gasteiger partial charge in [0, 0.05) is 5.31 Å². The van der Waals surface area contributed by atoms with Crippen molar-refractivity contribution in [2.24, 2.45) is 0 Å². The molecule has 242 valence electrons. The van der Waals surface area contributed by atoms with Crippen molar-refractivity contribution in [3.8, 4) is 0 Å². The predicted octanol–water partition coefficient (Wildman–Crippen LogP) is 8.93. The highest BCUT2D eigenvalue weighted by Crippen LogP contribution is 2.51. The summed E-state index contributed by atoms with van der Waals surface area (Å²) in [6.07, 6.45) is 1.13. The summed E-state index contributed by atoms with van der Waals surface area (Å²) < 4.78 is 34.5. The highest BCUT2D eigenvalue weighted by atomic mass is 16.6. The molecule has 4 aromatic carbocycles. The molecule has 0 N–H and O–H groups in total. The van der Waals surface area contributed by atoms with Crippen LogP contribution in [0.5, 0.6) is 0 Å². The van der Waals surface area contributed by atoms with Gasteiger partial charge in [-0.1, -0.05) is 155 Å². The lowest BCUT2D eigenvalue weighted by Crippen LogP contribution is -2.52. The minimum Gasteiger partial charge on any atom is -0.428 e. The fourth-order valence-electron chi connectivity index (χ4n) is 6.87. The van der Waals surface area contributed by atoms with Gasteiger partial charge in [0.2, 0.25) is 0 Å². The molecule has 0 saturated carbocycles. The molecular formula is C40H49BO5. The second-order valence-corrected chi connectivity index (χ2v) is 12.3. The maximum Gasteiger partial charge on any atom is 0.302 e. The first-order chi connectivity index (χ1) is 22.7. The van der Waals surface area contributed by atoms with E-state index in [4.69, 9.17) is 23.6 Å². The summed E-state index contributed by atoms with van der Waals surface area (Å²) in [5.41, 5.74) is 4.47. The Morgan fingerprint density at radius 3 is 1.39 bits per heavy atom.